The molecule has 0 spiro atoms. The summed E-state index contributed by atoms with van der Waals surface area (Å²) in [6.45, 7) is 4.71. The highest BCUT2D eigenvalue weighted by Crippen LogP contribution is 2.23. The van der Waals surface area contributed by atoms with Crippen molar-refractivity contribution in [1.29, 1.82) is 0 Å². The molecule has 2 heterocycles. The number of ether oxygens (including phenoxy) is 1. The van der Waals surface area contributed by atoms with Crippen LogP contribution >= 0.6 is 0 Å². The van der Waals surface area contributed by atoms with Gasteiger partial charge in [0.05, 0.1) is 13.0 Å². The predicted octanol–water partition coefficient (Wildman–Crippen LogP) is 2.25. The molecule has 7 heteroatoms. The van der Waals surface area contributed by atoms with Gasteiger partial charge in [-0.15, -0.1) is 0 Å². The van der Waals surface area contributed by atoms with Gasteiger partial charge in [-0.25, -0.2) is 4.68 Å². The zero-order valence-electron chi connectivity index (χ0n) is 15.5. The number of amides is 1. The molecule has 3 rings (SSSR count). The Kier molecular flexibility index (Phi) is 6.22. The first-order chi connectivity index (χ1) is 12.7. The van der Waals surface area contributed by atoms with E-state index in [-0.39, 0.29) is 12.3 Å². The molecule has 1 fully saturated rings. The second-order valence-electron chi connectivity index (χ2n) is 6.66. The number of rotatable bonds is 7. The monoisotopic (exact) mass is 357 g/mol. The van der Waals surface area contributed by atoms with Gasteiger partial charge in [-0.05, 0) is 50.0 Å². The van der Waals surface area contributed by atoms with Gasteiger partial charge in [0.15, 0.2) is 5.82 Å². The second kappa shape index (κ2) is 8.80. The number of carbonyl (C=O) groups excluding carboxylic acids is 1. The van der Waals surface area contributed by atoms with Crippen molar-refractivity contribution in [1.82, 2.24) is 20.1 Å². The van der Waals surface area contributed by atoms with Crippen molar-refractivity contribution in [2.75, 3.05) is 25.0 Å². The van der Waals surface area contributed by atoms with Gasteiger partial charge >= 0.3 is 0 Å². The molecule has 1 amide bonds. The van der Waals surface area contributed by atoms with Crippen molar-refractivity contribution < 1.29 is 9.53 Å². The maximum Gasteiger partial charge on any atom is 0.231 e. The number of piperidine rings is 1. The fraction of sp³-hybridized carbons (Fsp3) is 0.526. The molecule has 0 radical (unpaired) electrons. The van der Waals surface area contributed by atoms with E-state index in [0.29, 0.717) is 18.5 Å². The van der Waals surface area contributed by atoms with Crippen LogP contribution in [0.5, 0.6) is 5.75 Å². The molecule has 2 aromatic rings. The average Bonchev–Trinajstić information content (AvgIpc) is 3.01. The van der Waals surface area contributed by atoms with Crippen LogP contribution in [0.25, 0.3) is 0 Å². The third-order valence-electron chi connectivity index (χ3n) is 4.47. The smallest absolute Gasteiger partial charge is 0.231 e. The topological polar surface area (TPSA) is 81.1 Å². The Labute approximate surface area is 154 Å². The predicted molar refractivity (Wildman–Crippen MR) is 100 cm³/mol. The van der Waals surface area contributed by atoms with Crippen molar-refractivity contribution in [2.24, 2.45) is 7.05 Å². The molecular formula is C19H27N5O2. The highest BCUT2D eigenvalue weighted by molar-refractivity contribution is 5.90. The first-order valence-electron chi connectivity index (χ1n) is 9.29. The van der Waals surface area contributed by atoms with E-state index in [1.54, 1.807) is 4.68 Å². The molecule has 140 valence electrons. The third-order valence-corrected chi connectivity index (χ3v) is 4.47. The second-order valence-corrected chi connectivity index (χ2v) is 6.66. The molecule has 0 saturated carbocycles. The average molecular weight is 357 g/mol. The van der Waals surface area contributed by atoms with Crippen LogP contribution < -0.4 is 15.4 Å². The van der Waals surface area contributed by atoms with Gasteiger partial charge in [-0.2, -0.15) is 10.1 Å². The number of hydrogen-bond acceptors (Lipinski definition) is 5. The van der Waals surface area contributed by atoms with E-state index >= 15 is 0 Å². The number of nitrogens with zero attached hydrogens (tertiary/aromatic N) is 3. The van der Waals surface area contributed by atoms with Crippen LogP contribution in [0.1, 0.15) is 43.5 Å². The molecule has 1 aromatic carbocycles. The summed E-state index contributed by atoms with van der Waals surface area (Å²) in [5.41, 5.74) is 0.914. The number of nitrogens with one attached hydrogen (secondary N) is 2. The Morgan fingerprint density at radius 3 is 2.96 bits per heavy atom. The van der Waals surface area contributed by atoms with Gasteiger partial charge in [0.1, 0.15) is 5.75 Å². The van der Waals surface area contributed by atoms with E-state index in [2.05, 4.69) is 27.6 Å². The van der Waals surface area contributed by atoms with Gasteiger partial charge in [0, 0.05) is 13.0 Å². The summed E-state index contributed by atoms with van der Waals surface area (Å²) in [6, 6.07) is 7.65. The Balaban J connectivity index is 1.60. The molecule has 0 bridgehead atoms. The van der Waals surface area contributed by atoms with Crippen LogP contribution in [0.3, 0.4) is 0 Å². The highest BCUT2D eigenvalue weighted by atomic mass is 16.5. The molecule has 0 atom stereocenters. The number of aromatic nitrogens is 3. The normalized spacial score (nSPS) is 15.0. The van der Waals surface area contributed by atoms with Gasteiger partial charge in [-0.1, -0.05) is 19.1 Å². The standard InChI is InChI=1S/C19H27N5O2/c1-3-11-26-16-6-4-5-14(12-16)13-17(25)21-19-22-18(23-24(19)2)15-7-9-20-10-8-15/h4-6,12,15,20H,3,7-11,13H2,1-2H3,(H,21,22,23,25). The lowest BCUT2D eigenvalue weighted by Gasteiger charge is -2.19. The molecular weight excluding hydrogens is 330 g/mol. The summed E-state index contributed by atoms with van der Waals surface area (Å²) >= 11 is 0. The fourth-order valence-corrected chi connectivity index (χ4v) is 3.09. The van der Waals surface area contributed by atoms with Crippen molar-refractivity contribution in [3.8, 4) is 5.75 Å². The number of anilines is 1. The van der Waals surface area contributed by atoms with Gasteiger partial charge in [0.25, 0.3) is 0 Å². The van der Waals surface area contributed by atoms with Crippen molar-refractivity contribution in [3.63, 3.8) is 0 Å². The van der Waals surface area contributed by atoms with Crippen molar-refractivity contribution >= 4 is 11.9 Å². The minimum Gasteiger partial charge on any atom is -0.494 e. The lowest BCUT2D eigenvalue weighted by Crippen LogP contribution is -2.27. The molecule has 1 aromatic heterocycles. The molecule has 1 aliphatic rings. The van der Waals surface area contributed by atoms with Crippen molar-refractivity contribution in [3.05, 3.63) is 35.7 Å². The number of hydrogen-bond donors (Lipinski definition) is 2. The van der Waals surface area contributed by atoms with E-state index in [1.165, 1.54) is 0 Å². The molecule has 1 saturated heterocycles. The number of carbonyl (C=O) groups is 1. The van der Waals surface area contributed by atoms with Crippen LogP contribution in [0.4, 0.5) is 5.95 Å². The molecule has 26 heavy (non-hydrogen) atoms. The largest absolute Gasteiger partial charge is 0.494 e. The van der Waals surface area contributed by atoms with Gasteiger partial charge < -0.3 is 10.1 Å². The van der Waals surface area contributed by atoms with Crippen molar-refractivity contribution in [2.45, 2.75) is 38.5 Å². The zero-order valence-corrected chi connectivity index (χ0v) is 15.5. The summed E-state index contributed by atoms with van der Waals surface area (Å²) in [5.74, 6) is 2.37. The maximum atomic E-state index is 12.4. The molecule has 0 unspecified atom stereocenters. The Bertz CT molecular complexity index is 737. The SMILES string of the molecule is CCCOc1cccc(CC(=O)Nc2nc(C3CCNCC3)nn2C)c1. The lowest BCUT2D eigenvalue weighted by molar-refractivity contribution is -0.115. The Morgan fingerprint density at radius 1 is 1.38 bits per heavy atom. The quantitative estimate of drug-likeness (QED) is 0.794. The van der Waals surface area contributed by atoms with Crippen LogP contribution in [0, 0.1) is 0 Å². The summed E-state index contributed by atoms with van der Waals surface area (Å²) < 4.78 is 7.27. The molecule has 2 N–H and O–H groups in total. The lowest BCUT2D eigenvalue weighted by atomic mass is 9.98. The molecule has 7 nitrogen and oxygen atoms in total. The Morgan fingerprint density at radius 2 is 2.19 bits per heavy atom. The minimum absolute atomic E-state index is 0.106. The van der Waals surface area contributed by atoms with E-state index in [9.17, 15) is 4.79 Å². The van der Waals surface area contributed by atoms with E-state index in [1.807, 2.05) is 31.3 Å². The summed E-state index contributed by atoms with van der Waals surface area (Å²) in [7, 11) is 1.81. The Hall–Kier alpha value is -2.41. The van der Waals surface area contributed by atoms with Gasteiger partial charge in [0.2, 0.25) is 11.9 Å². The van der Waals surface area contributed by atoms with Crippen LogP contribution in [-0.4, -0.2) is 40.4 Å². The summed E-state index contributed by atoms with van der Waals surface area (Å²) in [4.78, 5) is 16.9. The molecule has 0 aliphatic carbocycles. The number of benzene rings is 1. The van der Waals surface area contributed by atoms with Crippen LogP contribution in [0.2, 0.25) is 0 Å². The first-order valence-corrected chi connectivity index (χ1v) is 9.29. The van der Waals surface area contributed by atoms with E-state index in [0.717, 1.165) is 49.5 Å². The van der Waals surface area contributed by atoms with Gasteiger partial charge in [-0.3, -0.25) is 10.1 Å². The van der Waals surface area contributed by atoms with Crippen LogP contribution in [-0.2, 0) is 18.3 Å². The maximum absolute atomic E-state index is 12.4. The summed E-state index contributed by atoms with van der Waals surface area (Å²) in [5, 5.41) is 10.7. The van der Waals surface area contributed by atoms with Crippen LogP contribution in [0.15, 0.2) is 24.3 Å². The highest BCUT2D eigenvalue weighted by Gasteiger charge is 2.21. The van der Waals surface area contributed by atoms with E-state index in [4.69, 9.17) is 4.74 Å². The van der Waals surface area contributed by atoms with E-state index < -0.39 is 0 Å². The fourth-order valence-electron chi connectivity index (χ4n) is 3.09. The first kappa shape index (κ1) is 18.4. The number of aryl methyl sites for hydroxylation is 1. The zero-order chi connectivity index (χ0) is 18.4. The molecule has 1 aliphatic heterocycles. The minimum atomic E-state index is -0.106. The summed E-state index contributed by atoms with van der Waals surface area (Å²) in [6.07, 6.45) is 3.29. The third kappa shape index (κ3) is 4.82.